The van der Waals surface area contributed by atoms with Crippen LogP contribution >= 0.6 is 0 Å². The van der Waals surface area contributed by atoms with Crippen LogP contribution in [0.1, 0.15) is 0 Å². The Morgan fingerprint density at radius 1 is 1.38 bits per heavy atom. The molecule has 88 valence electrons. The van der Waals surface area contributed by atoms with Crippen LogP contribution in [-0.2, 0) is 14.5 Å². The zero-order valence-corrected chi connectivity index (χ0v) is 9.14. The van der Waals surface area contributed by atoms with Crippen LogP contribution in [0.5, 0.6) is 11.5 Å². The molecule has 0 spiro atoms. The van der Waals surface area contributed by atoms with Gasteiger partial charge in [-0.15, -0.1) is 0 Å². The lowest BCUT2D eigenvalue weighted by atomic mass is 10.3. The van der Waals surface area contributed by atoms with Gasteiger partial charge in [0.1, 0.15) is 13.2 Å². The number of hydrogen-bond donors (Lipinski definition) is 1. The van der Waals surface area contributed by atoms with Gasteiger partial charge in [-0.1, -0.05) is 12.1 Å². The van der Waals surface area contributed by atoms with Crippen LogP contribution in [0.4, 0.5) is 0 Å². The van der Waals surface area contributed by atoms with Crippen LogP contribution in [0.25, 0.3) is 0 Å². The Labute approximate surface area is 93.2 Å². The number of hydrogen-bond acceptors (Lipinski definition) is 5. The van der Waals surface area contributed by atoms with Crippen molar-refractivity contribution in [2.45, 2.75) is 6.10 Å². The second-order valence-corrected chi connectivity index (χ2v) is 4.50. The first-order chi connectivity index (χ1) is 7.54. The van der Waals surface area contributed by atoms with E-state index in [-0.39, 0.29) is 13.2 Å². The quantitative estimate of drug-likeness (QED) is 0.812. The Morgan fingerprint density at radius 3 is 2.75 bits per heavy atom. The molecular formula is C9H11NO5S. The highest BCUT2D eigenvalue weighted by molar-refractivity contribution is 7.84. The molecular weight excluding hydrogens is 234 g/mol. The highest BCUT2D eigenvalue weighted by Crippen LogP contribution is 2.30. The summed E-state index contributed by atoms with van der Waals surface area (Å²) in [6.07, 6.45) is -0.478. The maximum absolute atomic E-state index is 10.6. The van der Waals surface area contributed by atoms with E-state index in [0.717, 1.165) is 0 Å². The molecule has 0 fully saturated rings. The number of fused-ring (bicyclic) bond motifs is 1. The molecule has 1 aromatic rings. The van der Waals surface area contributed by atoms with Crippen molar-refractivity contribution in [1.29, 1.82) is 0 Å². The van der Waals surface area contributed by atoms with Crippen LogP contribution in [0.15, 0.2) is 24.3 Å². The van der Waals surface area contributed by atoms with E-state index in [1.165, 1.54) is 0 Å². The molecule has 0 bridgehead atoms. The van der Waals surface area contributed by atoms with Gasteiger partial charge in [-0.25, -0.2) is 5.14 Å². The molecule has 16 heavy (non-hydrogen) atoms. The van der Waals surface area contributed by atoms with Gasteiger partial charge in [-0.05, 0) is 12.1 Å². The molecule has 0 aromatic heterocycles. The van der Waals surface area contributed by atoms with Crippen molar-refractivity contribution in [2.24, 2.45) is 5.14 Å². The minimum absolute atomic E-state index is 0.160. The first kappa shape index (κ1) is 11.2. The molecule has 1 unspecified atom stereocenters. The molecule has 1 aliphatic heterocycles. The second kappa shape index (κ2) is 4.28. The molecule has 0 saturated heterocycles. The van der Waals surface area contributed by atoms with Gasteiger partial charge in [0.05, 0.1) is 0 Å². The Balaban J connectivity index is 1.98. The lowest BCUT2D eigenvalue weighted by molar-refractivity contribution is 0.0555. The SMILES string of the molecule is NS(=O)(=O)OCC1COc2ccccc2O1. The van der Waals surface area contributed by atoms with Gasteiger partial charge >= 0.3 is 10.3 Å². The van der Waals surface area contributed by atoms with Gasteiger partial charge in [0.2, 0.25) is 0 Å². The summed E-state index contributed by atoms with van der Waals surface area (Å²) in [6, 6.07) is 7.12. The predicted octanol–water partition coefficient (Wildman–Crippen LogP) is 0.0465. The molecule has 6 nitrogen and oxygen atoms in total. The summed E-state index contributed by atoms with van der Waals surface area (Å²) < 4.78 is 36.4. The third-order valence-corrected chi connectivity index (χ3v) is 2.45. The van der Waals surface area contributed by atoms with Gasteiger partial charge in [0.25, 0.3) is 0 Å². The second-order valence-electron chi connectivity index (χ2n) is 3.27. The highest BCUT2D eigenvalue weighted by atomic mass is 32.2. The smallest absolute Gasteiger partial charge is 0.333 e. The first-order valence-corrected chi connectivity index (χ1v) is 6.07. The van der Waals surface area contributed by atoms with Crippen molar-refractivity contribution >= 4 is 10.3 Å². The fourth-order valence-corrected chi connectivity index (χ4v) is 1.66. The molecule has 0 radical (unpaired) electrons. The monoisotopic (exact) mass is 245 g/mol. The fraction of sp³-hybridized carbons (Fsp3) is 0.333. The summed E-state index contributed by atoms with van der Waals surface area (Å²) in [7, 11) is -3.94. The maximum Gasteiger partial charge on any atom is 0.333 e. The third-order valence-electron chi connectivity index (χ3n) is 1.99. The molecule has 2 N–H and O–H groups in total. The van der Waals surface area contributed by atoms with E-state index < -0.39 is 16.4 Å². The minimum atomic E-state index is -3.94. The van der Waals surface area contributed by atoms with Gasteiger partial charge in [0, 0.05) is 0 Å². The van der Waals surface area contributed by atoms with Gasteiger partial charge in [-0.3, -0.25) is 4.18 Å². The summed E-state index contributed by atoms with van der Waals surface area (Å²) in [5.74, 6) is 1.20. The largest absolute Gasteiger partial charge is 0.486 e. The average molecular weight is 245 g/mol. The number of ether oxygens (including phenoxy) is 2. The lowest BCUT2D eigenvalue weighted by Crippen LogP contribution is -2.35. The number of rotatable bonds is 3. The number of nitrogens with two attached hydrogens (primary N) is 1. The minimum Gasteiger partial charge on any atom is -0.486 e. The van der Waals surface area contributed by atoms with Gasteiger partial charge in [-0.2, -0.15) is 8.42 Å². The van der Waals surface area contributed by atoms with Crippen LogP contribution in [0.2, 0.25) is 0 Å². The zero-order chi connectivity index (χ0) is 11.6. The predicted molar refractivity (Wildman–Crippen MR) is 55.4 cm³/mol. The normalized spacial score (nSPS) is 19.4. The van der Waals surface area contributed by atoms with Crippen molar-refractivity contribution in [3.8, 4) is 11.5 Å². The van der Waals surface area contributed by atoms with Gasteiger partial charge in [0.15, 0.2) is 17.6 Å². The highest BCUT2D eigenvalue weighted by Gasteiger charge is 2.22. The van der Waals surface area contributed by atoms with E-state index in [9.17, 15) is 8.42 Å². The molecule has 1 aromatic carbocycles. The molecule has 2 rings (SSSR count). The van der Waals surface area contributed by atoms with Crippen molar-refractivity contribution in [3.05, 3.63) is 24.3 Å². The summed E-state index contributed by atoms with van der Waals surface area (Å²) in [5, 5.41) is 4.70. The van der Waals surface area contributed by atoms with Crippen molar-refractivity contribution in [2.75, 3.05) is 13.2 Å². The van der Waals surface area contributed by atoms with E-state index in [1.54, 1.807) is 18.2 Å². The van der Waals surface area contributed by atoms with E-state index in [2.05, 4.69) is 4.18 Å². The van der Waals surface area contributed by atoms with Crippen LogP contribution in [0, 0.1) is 0 Å². The lowest BCUT2D eigenvalue weighted by Gasteiger charge is -2.25. The molecule has 1 atom stereocenters. The molecule has 0 aliphatic carbocycles. The van der Waals surface area contributed by atoms with Crippen molar-refractivity contribution in [3.63, 3.8) is 0 Å². The van der Waals surface area contributed by atoms with Crippen molar-refractivity contribution in [1.82, 2.24) is 0 Å². The van der Waals surface area contributed by atoms with Crippen LogP contribution < -0.4 is 14.6 Å². The van der Waals surface area contributed by atoms with E-state index in [0.29, 0.717) is 11.5 Å². The maximum atomic E-state index is 10.6. The Bertz CT molecular complexity index is 473. The van der Waals surface area contributed by atoms with E-state index in [4.69, 9.17) is 14.6 Å². The average Bonchev–Trinajstić information content (AvgIpc) is 2.25. The fourth-order valence-electron chi connectivity index (χ4n) is 1.32. The summed E-state index contributed by atoms with van der Waals surface area (Å²) in [4.78, 5) is 0. The molecule has 7 heteroatoms. The zero-order valence-electron chi connectivity index (χ0n) is 8.33. The Kier molecular flexibility index (Phi) is 2.99. The van der Waals surface area contributed by atoms with E-state index >= 15 is 0 Å². The number of benzene rings is 1. The molecule has 0 amide bonds. The summed E-state index contributed by atoms with van der Waals surface area (Å²) in [6.45, 7) is 0.0691. The molecule has 1 heterocycles. The van der Waals surface area contributed by atoms with Crippen LogP contribution in [-0.4, -0.2) is 27.7 Å². The topological polar surface area (TPSA) is 87.9 Å². The third kappa shape index (κ3) is 2.84. The Hall–Kier alpha value is -1.31. The van der Waals surface area contributed by atoms with Gasteiger partial charge < -0.3 is 9.47 Å². The Morgan fingerprint density at radius 2 is 2.06 bits per heavy atom. The standard InChI is InChI=1S/C9H11NO5S/c10-16(11,12)14-6-7-5-13-8-3-1-2-4-9(8)15-7/h1-4,7H,5-6H2,(H2,10,11,12). The first-order valence-electron chi connectivity index (χ1n) is 4.60. The summed E-state index contributed by atoms with van der Waals surface area (Å²) in [5.41, 5.74) is 0. The van der Waals surface area contributed by atoms with Crippen molar-refractivity contribution < 1.29 is 22.1 Å². The molecule has 0 saturated carbocycles. The van der Waals surface area contributed by atoms with Crippen LogP contribution in [0.3, 0.4) is 0 Å². The molecule has 1 aliphatic rings. The summed E-state index contributed by atoms with van der Waals surface area (Å²) >= 11 is 0. The van der Waals surface area contributed by atoms with E-state index in [1.807, 2.05) is 6.07 Å². The number of para-hydroxylation sites is 2.